The summed E-state index contributed by atoms with van der Waals surface area (Å²) in [5, 5.41) is 1.09. The summed E-state index contributed by atoms with van der Waals surface area (Å²) in [7, 11) is 0. The Balaban J connectivity index is 1.49. The Morgan fingerprint density at radius 3 is 2.45 bits per heavy atom. The van der Waals surface area contributed by atoms with Gasteiger partial charge in [-0.2, -0.15) is 0 Å². The SMILES string of the molecule is Nc1nccn2c1c(-c1ccc3ccc(-c4ccccc4)nc3c1)nc2[C@H]1CC[C@H](N)CC1. The van der Waals surface area contributed by atoms with Gasteiger partial charge in [0.15, 0.2) is 0 Å². The lowest BCUT2D eigenvalue weighted by molar-refractivity contribution is 0.384. The van der Waals surface area contributed by atoms with Crippen molar-refractivity contribution in [3.63, 3.8) is 0 Å². The van der Waals surface area contributed by atoms with Gasteiger partial charge in [-0.05, 0) is 37.8 Å². The predicted molar refractivity (Wildman–Crippen MR) is 133 cm³/mol. The lowest BCUT2D eigenvalue weighted by Crippen LogP contribution is -2.26. The molecule has 0 unspecified atom stereocenters. The molecule has 33 heavy (non-hydrogen) atoms. The molecule has 5 aromatic rings. The topological polar surface area (TPSA) is 95.1 Å². The van der Waals surface area contributed by atoms with Crippen molar-refractivity contribution in [2.45, 2.75) is 37.6 Å². The Bertz CT molecular complexity index is 1450. The van der Waals surface area contributed by atoms with Crippen LogP contribution in [-0.4, -0.2) is 25.4 Å². The summed E-state index contributed by atoms with van der Waals surface area (Å²) in [5.74, 6) is 1.91. The minimum absolute atomic E-state index is 0.295. The van der Waals surface area contributed by atoms with E-state index in [1.165, 1.54) is 0 Å². The van der Waals surface area contributed by atoms with E-state index in [0.29, 0.717) is 17.8 Å². The van der Waals surface area contributed by atoms with Crippen LogP contribution in [0.5, 0.6) is 0 Å². The minimum Gasteiger partial charge on any atom is -0.382 e. The van der Waals surface area contributed by atoms with Crippen molar-refractivity contribution >= 4 is 22.2 Å². The van der Waals surface area contributed by atoms with Gasteiger partial charge in [0.25, 0.3) is 0 Å². The number of pyridine rings is 1. The van der Waals surface area contributed by atoms with Gasteiger partial charge in [0.1, 0.15) is 22.9 Å². The van der Waals surface area contributed by atoms with Crippen LogP contribution < -0.4 is 11.5 Å². The van der Waals surface area contributed by atoms with Crippen LogP contribution in [0.15, 0.2) is 73.1 Å². The summed E-state index contributed by atoms with van der Waals surface area (Å²) in [4.78, 5) is 14.4. The zero-order chi connectivity index (χ0) is 22.4. The van der Waals surface area contributed by atoms with E-state index in [4.69, 9.17) is 21.4 Å². The van der Waals surface area contributed by atoms with Gasteiger partial charge >= 0.3 is 0 Å². The molecule has 1 saturated carbocycles. The first kappa shape index (κ1) is 19.9. The maximum atomic E-state index is 6.36. The molecular formula is C27H26N6. The molecule has 1 aliphatic carbocycles. The number of imidazole rings is 1. The van der Waals surface area contributed by atoms with Gasteiger partial charge in [0.05, 0.1) is 11.2 Å². The molecule has 0 bridgehead atoms. The van der Waals surface area contributed by atoms with Crippen molar-refractivity contribution in [2.75, 3.05) is 5.73 Å². The van der Waals surface area contributed by atoms with Crippen LogP contribution in [0, 0.1) is 0 Å². The van der Waals surface area contributed by atoms with Gasteiger partial charge in [-0.25, -0.2) is 15.0 Å². The van der Waals surface area contributed by atoms with E-state index in [1.807, 2.05) is 24.4 Å². The number of hydrogen-bond donors (Lipinski definition) is 2. The number of fused-ring (bicyclic) bond motifs is 2. The van der Waals surface area contributed by atoms with Gasteiger partial charge in [-0.3, -0.25) is 4.40 Å². The van der Waals surface area contributed by atoms with E-state index in [9.17, 15) is 0 Å². The molecule has 0 atom stereocenters. The highest BCUT2D eigenvalue weighted by molar-refractivity contribution is 5.91. The first-order chi connectivity index (χ1) is 16.2. The molecule has 0 spiro atoms. The van der Waals surface area contributed by atoms with E-state index in [1.54, 1.807) is 6.20 Å². The Morgan fingerprint density at radius 1 is 0.848 bits per heavy atom. The largest absolute Gasteiger partial charge is 0.382 e. The molecule has 3 aromatic heterocycles. The van der Waals surface area contributed by atoms with E-state index >= 15 is 0 Å². The van der Waals surface area contributed by atoms with Crippen molar-refractivity contribution in [3.8, 4) is 22.5 Å². The molecule has 0 amide bonds. The molecular weight excluding hydrogens is 408 g/mol. The smallest absolute Gasteiger partial charge is 0.150 e. The number of benzene rings is 2. The Morgan fingerprint density at radius 2 is 1.64 bits per heavy atom. The van der Waals surface area contributed by atoms with E-state index < -0.39 is 0 Å². The number of anilines is 1. The highest BCUT2D eigenvalue weighted by atomic mass is 15.1. The molecule has 6 rings (SSSR count). The highest BCUT2D eigenvalue weighted by Crippen LogP contribution is 2.37. The summed E-state index contributed by atoms with van der Waals surface area (Å²) >= 11 is 0. The van der Waals surface area contributed by atoms with Crippen molar-refractivity contribution in [1.29, 1.82) is 0 Å². The van der Waals surface area contributed by atoms with Crippen LogP contribution in [0.4, 0.5) is 5.82 Å². The summed E-state index contributed by atoms with van der Waals surface area (Å²) in [6.45, 7) is 0. The Kier molecular flexibility index (Phi) is 4.80. The first-order valence-corrected chi connectivity index (χ1v) is 11.5. The lowest BCUT2D eigenvalue weighted by atomic mass is 9.86. The van der Waals surface area contributed by atoms with Crippen LogP contribution in [0.25, 0.3) is 38.9 Å². The monoisotopic (exact) mass is 434 g/mol. The molecule has 1 aliphatic rings. The van der Waals surface area contributed by atoms with E-state index in [2.05, 4.69) is 51.8 Å². The maximum absolute atomic E-state index is 6.36. The standard InChI is InChI=1S/C27H26N6/c28-21-11-8-19(9-12-21)27-32-24(25-26(29)30-14-15-33(25)27)20-7-6-18-10-13-22(31-23(18)16-20)17-4-2-1-3-5-17/h1-7,10,13-16,19,21H,8-9,11-12,28H2,(H2,29,30)/t19-,21-. The van der Waals surface area contributed by atoms with Gasteiger partial charge in [-0.1, -0.05) is 48.5 Å². The predicted octanol–water partition coefficient (Wildman–Crippen LogP) is 5.18. The number of hydrogen-bond acceptors (Lipinski definition) is 5. The molecule has 2 aromatic carbocycles. The van der Waals surface area contributed by atoms with E-state index in [0.717, 1.165) is 70.4 Å². The molecule has 164 valence electrons. The second-order valence-electron chi connectivity index (χ2n) is 8.93. The van der Waals surface area contributed by atoms with Gasteiger partial charge < -0.3 is 11.5 Å². The molecule has 0 aliphatic heterocycles. The second-order valence-corrected chi connectivity index (χ2v) is 8.93. The zero-order valence-electron chi connectivity index (χ0n) is 18.4. The fourth-order valence-electron chi connectivity index (χ4n) is 4.99. The second kappa shape index (κ2) is 7.98. The average Bonchev–Trinajstić information content (AvgIpc) is 3.25. The molecule has 4 N–H and O–H groups in total. The Labute approximate surface area is 192 Å². The van der Waals surface area contributed by atoms with Crippen LogP contribution in [0.1, 0.15) is 37.4 Å². The summed E-state index contributed by atoms with van der Waals surface area (Å²) in [6.07, 6.45) is 7.86. The number of nitrogens with zero attached hydrogens (tertiary/aromatic N) is 4. The first-order valence-electron chi connectivity index (χ1n) is 11.5. The fraction of sp³-hybridized carbons (Fsp3) is 0.222. The Hall–Kier alpha value is -3.77. The van der Waals surface area contributed by atoms with Crippen LogP contribution >= 0.6 is 0 Å². The van der Waals surface area contributed by atoms with E-state index in [-0.39, 0.29) is 0 Å². The van der Waals surface area contributed by atoms with Crippen LogP contribution in [-0.2, 0) is 0 Å². The third-order valence-electron chi connectivity index (χ3n) is 6.78. The molecule has 6 nitrogen and oxygen atoms in total. The number of nitrogen functional groups attached to an aromatic ring is 1. The fourth-order valence-corrected chi connectivity index (χ4v) is 4.99. The van der Waals surface area contributed by atoms with Gasteiger partial charge in [0, 0.05) is 40.9 Å². The summed E-state index contributed by atoms with van der Waals surface area (Å²) in [6, 6.07) is 21.0. The maximum Gasteiger partial charge on any atom is 0.150 e. The van der Waals surface area contributed by atoms with Crippen molar-refractivity contribution in [3.05, 3.63) is 78.9 Å². The molecule has 6 heteroatoms. The highest BCUT2D eigenvalue weighted by Gasteiger charge is 2.26. The van der Waals surface area contributed by atoms with Crippen molar-refractivity contribution in [1.82, 2.24) is 19.4 Å². The lowest BCUT2D eigenvalue weighted by Gasteiger charge is -2.25. The van der Waals surface area contributed by atoms with Crippen LogP contribution in [0.3, 0.4) is 0 Å². The third-order valence-corrected chi connectivity index (χ3v) is 6.78. The van der Waals surface area contributed by atoms with Gasteiger partial charge in [0.2, 0.25) is 0 Å². The third kappa shape index (κ3) is 3.52. The molecule has 3 heterocycles. The minimum atomic E-state index is 0.295. The number of aromatic nitrogens is 4. The van der Waals surface area contributed by atoms with Crippen molar-refractivity contribution in [2.24, 2.45) is 5.73 Å². The summed E-state index contributed by atoms with van der Waals surface area (Å²) < 4.78 is 2.12. The summed E-state index contributed by atoms with van der Waals surface area (Å²) in [5.41, 5.74) is 18.2. The molecule has 0 radical (unpaired) electrons. The van der Waals surface area contributed by atoms with Crippen LogP contribution in [0.2, 0.25) is 0 Å². The zero-order valence-corrected chi connectivity index (χ0v) is 18.4. The average molecular weight is 435 g/mol. The normalized spacial score (nSPS) is 18.7. The quantitative estimate of drug-likeness (QED) is 0.408. The molecule has 0 saturated heterocycles. The van der Waals surface area contributed by atoms with Gasteiger partial charge in [-0.15, -0.1) is 0 Å². The molecule has 1 fully saturated rings. The number of nitrogens with two attached hydrogens (primary N) is 2. The number of rotatable bonds is 3. The van der Waals surface area contributed by atoms with Crippen molar-refractivity contribution < 1.29 is 0 Å².